The summed E-state index contributed by atoms with van der Waals surface area (Å²) >= 11 is 0. The van der Waals surface area contributed by atoms with Crippen LogP contribution in [0, 0.1) is 5.82 Å². The number of carbonyl (C=O) groups excluding carboxylic acids is 1. The number of likely N-dealkylation sites (N-methyl/N-ethyl adjacent to an activating group) is 1. The maximum absolute atomic E-state index is 13.2. The molecule has 1 heterocycles. The molecule has 0 bridgehead atoms. The lowest BCUT2D eigenvalue weighted by atomic mass is 10.2. The molecule has 0 aliphatic rings. The third kappa shape index (κ3) is 6.08. The van der Waals surface area contributed by atoms with Gasteiger partial charge in [-0.05, 0) is 37.1 Å². The van der Waals surface area contributed by atoms with E-state index in [0.29, 0.717) is 19.3 Å². The monoisotopic (exact) mass is 483 g/mol. The van der Waals surface area contributed by atoms with E-state index < -0.39 is 39.5 Å². The van der Waals surface area contributed by atoms with Crippen molar-refractivity contribution in [3.8, 4) is 0 Å². The number of aromatic amines is 1. The Balaban J connectivity index is 2.42. The Morgan fingerprint density at radius 2 is 1.73 bits per heavy atom. The average molecular weight is 484 g/mol. The highest BCUT2D eigenvalue weighted by atomic mass is 32.2. The fourth-order valence-corrected chi connectivity index (χ4v) is 4.32. The van der Waals surface area contributed by atoms with Crippen molar-refractivity contribution in [1.82, 2.24) is 13.9 Å². The minimum atomic E-state index is -4.09. The molecule has 10 nitrogen and oxygen atoms in total. The van der Waals surface area contributed by atoms with Crippen LogP contribution in [0.2, 0.25) is 0 Å². The van der Waals surface area contributed by atoms with Crippen molar-refractivity contribution >= 4 is 27.4 Å². The highest BCUT2D eigenvalue weighted by molar-refractivity contribution is 7.89. The van der Waals surface area contributed by atoms with E-state index in [0.717, 1.165) is 39.9 Å². The molecule has 0 radical (unpaired) electrons. The molecule has 1 aromatic carbocycles. The first kappa shape index (κ1) is 26.3. The van der Waals surface area contributed by atoms with Gasteiger partial charge in [0.15, 0.2) is 5.69 Å². The number of aromatic nitrogens is 2. The smallest absolute Gasteiger partial charge is 0.330 e. The number of amides is 1. The standard InChI is InChI=1S/C21H30FN5O5S/c1-4-6-12-26(18-19(23)27(13-7-5-2)21(30)24-20(18)29)17(28)14-25(3)33(31,32)16-10-8-15(22)9-11-16/h8-11H,4-7,12-14,23H2,1-3H3,(H,24,29,30). The molecule has 0 atom stereocenters. The topological polar surface area (TPSA) is 139 Å². The predicted molar refractivity (Wildman–Crippen MR) is 124 cm³/mol. The molecule has 0 aliphatic carbocycles. The number of carbonyl (C=O) groups is 1. The van der Waals surface area contributed by atoms with Gasteiger partial charge in [-0.15, -0.1) is 0 Å². The van der Waals surface area contributed by atoms with Gasteiger partial charge in [0.25, 0.3) is 5.56 Å². The molecule has 0 saturated heterocycles. The summed E-state index contributed by atoms with van der Waals surface area (Å²) in [7, 11) is -2.87. The van der Waals surface area contributed by atoms with Crippen LogP contribution in [0.1, 0.15) is 39.5 Å². The lowest BCUT2D eigenvalue weighted by molar-refractivity contribution is -0.118. The van der Waals surface area contributed by atoms with Crippen LogP contribution in [0.4, 0.5) is 15.9 Å². The summed E-state index contributed by atoms with van der Waals surface area (Å²) in [6.45, 7) is 3.61. The van der Waals surface area contributed by atoms with Crippen LogP contribution < -0.4 is 21.9 Å². The Labute approximate surface area is 191 Å². The number of benzene rings is 1. The molecule has 2 rings (SSSR count). The average Bonchev–Trinajstić information content (AvgIpc) is 2.75. The van der Waals surface area contributed by atoms with Crippen molar-refractivity contribution < 1.29 is 17.6 Å². The molecule has 0 unspecified atom stereocenters. The number of hydrogen-bond donors (Lipinski definition) is 2. The Morgan fingerprint density at radius 1 is 1.12 bits per heavy atom. The summed E-state index contributed by atoms with van der Waals surface area (Å²) in [5.41, 5.74) is 4.46. The summed E-state index contributed by atoms with van der Waals surface area (Å²) < 4.78 is 40.8. The first-order chi connectivity index (χ1) is 15.5. The van der Waals surface area contributed by atoms with Gasteiger partial charge in [-0.25, -0.2) is 17.6 Å². The lowest BCUT2D eigenvalue weighted by Crippen LogP contribution is -2.46. The molecule has 0 spiro atoms. The normalized spacial score (nSPS) is 11.7. The second-order valence-electron chi connectivity index (χ2n) is 7.61. The summed E-state index contributed by atoms with van der Waals surface area (Å²) in [6.07, 6.45) is 2.63. The van der Waals surface area contributed by atoms with Crippen LogP contribution in [0.25, 0.3) is 0 Å². The number of nitrogens with zero attached hydrogens (tertiary/aromatic N) is 3. The molecule has 33 heavy (non-hydrogen) atoms. The quantitative estimate of drug-likeness (QED) is 0.497. The summed E-state index contributed by atoms with van der Waals surface area (Å²) in [5.74, 6) is -1.42. The van der Waals surface area contributed by atoms with E-state index >= 15 is 0 Å². The maximum atomic E-state index is 13.2. The zero-order valence-electron chi connectivity index (χ0n) is 19.0. The minimum absolute atomic E-state index is 0.110. The number of halogens is 1. The van der Waals surface area contributed by atoms with Crippen LogP contribution in [0.3, 0.4) is 0 Å². The molecular formula is C21H30FN5O5S. The first-order valence-electron chi connectivity index (χ1n) is 10.7. The summed E-state index contributed by atoms with van der Waals surface area (Å²) in [6, 6.07) is 4.23. The number of hydrogen-bond acceptors (Lipinski definition) is 6. The van der Waals surface area contributed by atoms with Gasteiger partial charge in [-0.1, -0.05) is 26.7 Å². The van der Waals surface area contributed by atoms with Crippen LogP contribution in [0.5, 0.6) is 0 Å². The van der Waals surface area contributed by atoms with Crippen LogP contribution in [-0.4, -0.2) is 48.3 Å². The lowest BCUT2D eigenvalue weighted by Gasteiger charge is -2.26. The zero-order valence-corrected chi connectivity index (χ0v) is 19.8. The van der Waals surface area contributed by atoms with Gasteiger partial charge in [0.2, 0.25) is 15.9 Å². The SMILES string of the molecule is CCCCN(C(=O)CN(C)S(=O)(=O)c1ccc(F)cc1)c1c(N)n(CCCC)c(=O)[nH]c1=O. The Bertz CT molecular complexity index is 1190. The number of H-pyrrole nitrogens is 1. The number of nitrogen functional groups attached to an aromatic ring is 1. The largest absolute Gasteiger partial charge is 0.383 e. The highest BCUT2D eigenvalue weighted by Crippen LogP contribution is 2.20. The molecule has 0 saturated carbocycles. The van der Waals surface area contributed by atoms with E-state index in [4.69, 9.17) is 5.73 Å². The van der Waals surface area contributed by atoms with Crippen molar-refractivity contribution in [1.29, 1.82) is 0 Å². The molecule has 1 aromatic heterocycles. The number of unbranched alkanes of at least 4 members (excludes halogenated alkanes) is 2. The van der Waals surface area contributed by atoms with Crippen molar-refractivity contribution in [3.63, 3.8) is 0 Å². The van der Waals surface area contributed by atoms with Gasteiger partial charge < -0.3 is 10.6 Å². The van der Waals surface area contributed by atoms with E-state index in [1.54, 1.807) is 0 Å². The van der Waals surface area contributed by atoms with E-state index in [1.165, 1.54) is 11.6 Å². The fraction of sp³-hybridized carbons (Fsp3) is 0.476. The molecule has 182 valence electrons. The first-order valence-corrected chi connectivity index (χ1v) is 12.1. The number of nitrogens with one attached hydrogen (secondary N) is 1. The number of anilines is 2. The van der Waals surface area contributed by atoms with Gasteiger partial charge in [-0.3, -0.25) is 19.1 Å². The third-order valence-corrected chi connectivity index (χ3v) is 6.95. The Kier molecular flexibility index (Phi) is 8.94. The number of nitrogens with two attached hydrogens (primary N) is 1. The van der Waals surface area contributed by atoms with E-state index in [1.807, 2.05) is 13.8 Å². The van der Waals surface area contributed by atoms with Crippen molar-refractivity contribution in [2.75, 3.05) is 30.8 Å². The number of sulfonamides is 1. The van der Waals surface area contributed by atoms with Crippen molar-refractivity contribution in [3.05, 3.63) is 50.9 Å². The maximum Gasteiger partial charge on any atom is 0.330 e. The molecular weight excluding hydrogens is 453 g/mol. The minimum Gasteiger partial charge on any atom is -0.383 e. The molecule has 12 heteroatoms. The summed E-state index contributed by atoms with van der Waals surface area (Å²) in [5, 5.41) is 0. The van der Waals surface area contributed by atoms with Crippen molar-refractivity contribution in [2.24, 2.45) is 0 Å². The van der Waals surface area contributed by atoms with E-state index in [-0.39, 0.29) is 29.5 Å². The Morgan fingerprint density at radius 3 is 2.30 bits per heavy atom. The molecule has 0 fully saturated rings. The zero-order chi connectivity index (χ0) is 24.8. The van der Waals surface area contributed by atoms with E-state index in [2.05, 4.69) is 4.98 Å². The van der Waals surface area contributed by atoms with Crippen molar-refractivity contribution in [2.45, 2.75) is 51.0 Å². The van der Waals surface area contributed by atoms with Gasteiger partial charge in [0, 0.05) is 20.1 Å². The van der Waals surface area contributed by atoms with Gasteiger partial charge >= 0.3 is 5.69 Å². The predicted octanol–water partition coefficient (Wildman–Crippen LogP) is 1.51. The van der Waals surface area contributed by atoms with E-state index in [9.17, 15) is 27.2 Å². The van der Waals surface area contributed by atoms with Crippen LogP contribution in [-0.2, 0) is 21.4 Å². The molecule has 0 aliphatic heterocycles. The van der Waals surface area contributed by atoms with Gasteiger partial charge in [0.05, 0.1) is 11.4 Å². The second kappa shape index (κ2) is 11.2. The second-order valence-corrected chi connectivity index (χ2v) is 9.66. The van der Waals surface area contributed by atoms with Crippen LogP contribution >= 0.6 is 0 Å². The molecule has 1 amide bonds. The molecule has 3 N–H and O–H groups in total. The molecule has 2 aromatic rings. The third-order valence-electron chi connectivity index (χ3n) is 5.14. The Hall–Kier alpha value is -2.99. The number of rotatable bonds is 11. The van der Waals surface area contributed by atoms with Gasteiger partial charge in [-0.2, -0.15) is 4.31 Å². The highest BCUT2D eigenvalue weighted by Gasteiger charge is 2.28. The van der Waals surface area contributed by atoms with Crippen LogP contribution in [0.15, 0.2) is 38.8 Å². The summed E-state index contributed by atoms with van der Waals surface area (Å²) in [4.78, 5) is 41.2. The van der Waals surface area contributed by atoms with Gasteiger partial charge in [0.1, 0.15) is 11.6 Å². The fourth-order valence-electron chi connectivity index (χ4n) is 3.20.